The lowest BCUT2D eigenvalue weighted by atomic mass is 10.1. The van der Waals surface area contributed by atoms with Crippen molar-refractivity contribution in [3.63, 3.8) is 0 Å². The molecule has 0 spiro atoms. The molecule has 0 aliphatic carbocycles. The van der Waals surface area contributed by atoms with E-state index in [1.165, 1.54) is 18.9 Å². The Balaban J connectivity index is 0.000000711. The summed E-state index contributed by atoms with van der Waals surface area (Å²) in [6.07, 6.45) is 7.90. The molecule has 0 aromatic heterocycles. The van der Waals surface area contributed by atoms with Crippen LogP contribution in [0.1, 0.15) is 46.0 Å². The zero-order chi connectivity index (χ0) is 14.8. The fourth-order valence-electron chi connectivity index (χ4n) is 2.92. The van der Waals surface area contributed by atoms with Gasteiger partial charge in [-0.15, -0.1) is 0 Å². The molecule has 0 N–H and O–H groups in total. The Labute approximate surface area is 119 Å². The van der Waals surface area contributed by atoms with Gasteiger partial charge in [0.2, 0.25) is 0 Å². The third kappa shape index (κ3) is 4.31. The van der Waals surface area contributed by atoms with Gasteiger partial charge < -0.3 is 13.6 Å². The Bertz CT molecular complexity index is 246. The van der Waals surface area contributed by atoms with Crippen molar-refractivity contribution in [1.82, 2.24) is 0 Å². The van der Waals surface area contributed by atoms with Gasteiger partial charge in [0.15, 0.2) is 0 Å². The summed E-state index contributed by atoms with van der Waals surface area (Å²) in [6.45, 7) is 3.88. The van der Waals surface area contributed by atoms with Gasteiger partial charge in [0, 0.05) is 21.3 Å². The molecular formula is C14H29O4Si. The molecule has 5 heteroatoms. The highest BCUT2D eigenvalue weighted by molar-refractivity contribution is 6.70. The fraction of sp³-hybridized carbons (Fsp3) is 0.857. The van der Waals surface area contributed by atoms with Crippen LogP contribution in [0.15, 0.2) is 12.3 Å². The lowest BCUT2D eigenvalue weighted by Crippen LogP contribution is -2.64. The van der Waals surface area contributed by atoms with Crippen LogP contribution >= 0.6 is 0 Å². The summed E-state index contributed by atoms with van der Waals surface area (Å²) in [4.78, 5) is 0. The smallest absolute Gasteiger partial charge is 0.370 e. The molecule has 1 aliphatic rings. The zero-order valence-corrected chi connectivity index (χ0v) is 14.0. The maximum atomic E-state index is 9.12. The van der Waals surface area contributed by atoms with Crippen LogP contribution in [0.4, 0.5) is 0 Å². The normalized spacial score (nSPS) is 25.9. The number of hydrogen-bond donors (Lipinski definition) is 0. The topological polar surface area (TPSA) is 47.6 Å². The minimum atomic E-state index is -2.15. The lowest BCUT2D eigenvalue weighted by molar-refractivity contribution is -0.0149. The summed E-state index contributed by atoms with van der Waals surface area (Å²) < 4.78 is 17.4. The van der Waals surface area contributed by atoms with Crippen molar-refractivity contribution in [2.24, 2.45) is 0 Å². The van der Waals surface area contributed by atoms with Gasteiger partial charge in [-0.25, -0.2) is 0 Å². The second-order valence-electron chi connectivity index (χ2n) is 4.79. The van der Waals surface area contributed by atoms with Gasteiger partial charge in [-0.2, -0.15) is 0 Å². The van der Waals surface area contributed by atoms with Gasteiger partial charge in [0.05, 0.1) is 0 Å². The first-order chi connectivity index (χ1) is 9.11. The van der Waals surface area contributed by atoms with E-state index in [4.69, 9.17) is 18.7 Å². The summed E-state index contributed by atoms with van der Waals surface area (Å²) in [5.41, 5.74) is 0. The van der Waals surface area contributed by atoms with E-state index in [-0.39, 0.29) is 5.22 Å². The van der Waals surface area contributed by atoms with Gasteiger partial charge in [0.1, 0.15) is 11.5 Å². The number of methoxy groups -OCH3 is 1. The summed E-state index contributed by atoms with van der Waals surface area (Å²) >= 11 is 0. The van der Waals surface area contributed by atoms with Crippen molar-refractivity contribution in [2.45, 2.75) is 57.2 Å². The van der Waals surface area contributed by atoms with Gasteiger partial charge in [-0.1, -0.05) is 26.2 Å². The standard InChI is InChI=1S/C11H24O3Si.C3H5O/c1-5-8-11(12-2)9-6-7-10-15(11,13-3)14-4;1-2-3-4/h5-10H2,1-4H3;2-3H,1H3. The maximum absolute atomic E-state index is 9.12. The Morgan fingerprint density at radius 1 is 1.21 bits per heavy atom. The maximum Gasteiger partial charge on any atom is 0.370 e. The highest BCUT2D eigenvalue weighted by Crippen LogP contribution is 2.42. The minimum Gasteiger partial charge on any atom is -0.396 e. The molecular weight excluding hydrogens is 260 g/mol. The number of hydrogen-bond acceptors (Lipinski definition) is 3. The van der Waals surface area contributed by atoms with Crippen LogP contribution in [0.25, 0.3) is 0 Å². The molecule has 1 atom stereocenters. The molecule has 4 nitrogen and oxygen atoms in total. The van der Waals surface area contributed by atoms with Crippen LogP contribution in [-0.2, 0) is 18.7 Å². The quantitative estimate of drug-likeness (QED) is 0.574. The van der Waals surface area contributed by atoms with Crippen LogP contribution in [0.5, 0.6) is 0 Å². The predicted octanol–water partition coefficient (Wildman–Crippen LogP) is 3.58. The minimum absolute atomic E-state index is 0.122. The van der Waals surface area contributed by atoms with Crippen molar-refractivity contribution >= 4 is 8.56 Å². The summed E-state index contributed by atoms with van der Waals surface area (Å²) in [6, 6.07) is 1.06. The monoisotopic (exact) mass is 289 g/mol. The summed E-state index contributed by atoms with van der Waals surface area (Å²) in [5, 5.41) is 9.00. The summed E-state index contributed by atoms with van der Waals surface area (Å²) in [7, 11) is 3.22. The van der Waals surface area contributed by atoms with Crippen molar-refractivity contribution in [1.29, 1.82) is 0 Å². The molecule has 0 aromatic rings. The van der Waals surface area contributed by atoms with Gasteiger partial charge in [-0.05, 0) is 31.9 Å². The van der Waals surface area contributed by atoms with E-state index in [1.807, 2.05) is 0 Å². The van der Waals surface area contributed by atoms with Crippen LogP contribution < -0.4 is 0 Å². The van der Waals surface area contributed by atoms with Crippen molar-refractivity contribution in [3.8, 4) is 0 Å². The van der Waals surface area contributed by atoms with E-state index in [2.05, 4.69) is 6.92 Å². The van der Waals surface area contributed by atoms with Crippen LogP contribution in [0.3, 0.4) is 0 Å². The molecule has 1 heterocycles. The van der Waals surface area contributed by atoms with Crippen molar-refractivity contribution in [2.75, 3.05) is 21.3 Å². The molecule has 1 radical (unpaired) electrons. The third-order valence-electron chi connectivity index (χ3n) is 3.87. The molecule has 1 aliphatic heterocycles. The SMILES string of the molecule is CC=C[O].CCCC1(OC)CCCC[Si]1(OC)OC. The molecule has 113 valence electrons. The van der Waals surface area contributed by atoms with Gasteiger partial charge >= 0.3 is 8.56 Å². The molecule has 1 unspecified atom stereocenters. The molecule has 1 saturated heterocycles. The lowest BCUT2D eigenvalue weighted by Gasteiger charge is -2.47. The average Bonchev–Trinajstić information content (AvgIpc) is 2.48. The highest BCUT2D eigenvalue weighted by Gasteiger charge is 2.58. The zero-order valence-electron chi connectivity index (χ0n) is 13.0. The van der Waals surface area contributed by atoms with E-state index in [0.717, 1.165) is 31.6 Å². The average molecular weight is 289 g/mol. The molecule has 0 aromatic carbocycles. The Hall–Kier alpha value is -0.363. The second kappa shape index (κ2) is 9.53. The van der Waals surface area contributed by atoms with Crippen LogP contribution in [-0.4, -0.2) is 35.1 Å². The van der Waals surface area contributed by atoms with Crippen LogP contribution in [0.2, 0.25) is 6.04 Å². The van der Waals surface area contributed by atoms with Crippen molar-refractivity contribution in [3.05, 3.63) is 12.3 Å². The molecule has 0 saturated carbocycles. The van der Waals surface area contributed by atoms with E-state index in [1.54, 1.807) is 28.3 Å². The predicted molar refractivity (Wildman–Crippen MR) is 78.6 cm³/mol. The van der Waals surface area contributed by atoms with Gasteiger partial charge in [-0.3, -0.25) is 5.11 Å². The van der Waals surface area contributed by atoms with E-state index in [9.17, 15) is 0 Å². The fourth-order valence-corrected chi connectivity index (χ4v) is 6.91. The van der Waals surface area contributed by atoms with Crippen LogP contribution in [0, 0.1) is 0 Å². The first-order valence-electron chi connectivity index (χ1n) is 7.00. The molecule has 0 amide bonds. The van der Waals surface area contributed by atoms with E-state index < -0.39 is 8.56 Å². The van der Waals surface area contributed by atoms with E-state index >= 15 is 0 Å². The highest BCUT2D eigenvalue weighted by atomic mass is 28.4. The first kappa shape index (κ1) is 18.6. The largest absolute Gasteiger partial charge is 0.396 e. The molecule has 1 rings (SSSR count). The molecule has 0 bridgehead atoms. The van der Waals surface area contributed by atoms with E-state index in [0.29, 0.717) is 0 Å². The number of rotatable bonds is 5. The Morgan fingerprint density at radius 2 is 1.79 bits per heavy atom. The second-order valence-corrected chi connectivity index (χ2v) is 8.52. The summed E-state index contributed by atoms with van der Waals surface area (Å²) in [5.74, 6) is 0. The number of ether oxygens (including phenoxy) is 1. The Kier molecular flexibility index (Phi) is 9.34. The molecule has 19 heavy (non-hydrogen) atoms. The third-order valence-corrected chi connectivity index (χ3v) is 8.29. The molecule has 1 fully saturated rings. The van der Waals surface area contributed by atoms with Gasteiger partial charge in [0.25, 0.3) is 0 Å². The Morgan fingerprint density at radius 3 is 2.16 bits per heavy atom. The first-order valence-corrected chi connectivity index (χ1v) is 9.02. The number of allylic oxidation sites excluding steroid dienone is 1. The van der Waals surface area contributed by atoms with Crippen molar-refractivity contribution < 1.29 is 18.7 Å².